The zero-order valence-corrected chi connectivity index (χ0v) is 60.3. The predicted octanol–water partition coefficient (Wildman–Crippen LogP) is 5.54. The summed E-state index contributed by atoms with van der Waals surface area (Å²) in [6.07, 6.45) is 2.07. The van der Waals surface area contributed by atoms with Crippen LogP contribution in [0.25, 0.3) is 0 Å². The van der Waals surface area contributed by atoms with Crippen LogP contribution in [-0.4, -0.2) is 193 Å². The number of fused-ring (bicyclic) bond motifs is 6. The second-order valence-corrected chi connectivity index (χ2v) is 27.7. The summed E-state index contributed by atoms with van der Waals surface area (Å²) in [6.45, 7) is 14.8. The smallest absolute Gasteiger partial charge is 0.376 e. The van der Waals surface area contributed by atoms with Crippen molar-refractivity contribution in [3.8, 4) is 11.5 Å². The molecule has 1 aliphatic carbocycles. The molecule has 8 aromatic rings. The maximum absolute atomic E-state index is 13.7. The van der Waals surface area contributed by atoms with Crippen molar-refractivity contribution < 1.29 is 78.8 Å². The second-order valence-electron chi connectivity index (χ2n) is 24.6. The first-order valence-corrected chi connectivity index (χ1v) is 37.8. The monoisotopic (exact) mass is 1470 g/mol. The van der Waals surface area contributed by atoms with Crippen LogP contribution in [0.2, 0.25) is 0 Å². The first-order chi connectivity index (χ1) is 50.3. The number of aromatic nitrogens is 6. The van der Waals surface area contributed by atoms with E-state index in [-0.39, 0.29) is 75.8 Å². The molecule has 0 bridgehead atoms. The number of hydrogen-bond donors (Lipinski definition) is 4. The van der Waals surface area contributed by atoms with Gasteiger partial charge in [0.1, 0.15) is 22.2 Å². The van der Waals surface area contributed by atoms with Gasteiger partial charge >= 0.3 is 5.97 Å². The van der Waals surface area contributed by atoms with Gasteiger partial charge in [0, 0.05) is 125 Å². The maximum Gasteiger partial charge on any atom is 0.376 e. The van der Waals surface area contributed by atoms with Crippen LogP contribution in [0, 0.1) is 42.3 Å². The van der Waals surface area contributed by atoms with Gasteiger partial charge in [0.15, 0.2) is 0 Å². The minimum Gasteiger partial charge on any atom is -0.550 e. The Morgan fingerprint density at radius 2 is 1.09 bits per heavy atom. The predicted molar refractivity (Wildman–Crippen MR) is 380 cm³/mol. The second kappa shape index (κ2) is 36.9. The summed E-state index contributed by atoms with van der Waals surface area (Å²) in [5.74, 6) is -3.72. The summed E-state index contributed by atoms with van der Waals surface area (Å²) in [4.78, 5) is 50.7. The molecule has 2 aromatic heterocycles. The Labute approximate surface area is 602 Å². The fourth-order valence-corrected chi connectivity index (χ4v) is 14.4. The van der Waals surface area contributed by atoms with Gasteiger partial charge in [0.05, 0.1) is 106 Å². The number of amides is 1. The van der Waals surface area contributed by atoms with Gasteiger partial charge in [-0.15, -0.1) is 10.2 Å². The molecule has 554 valence electrons. The van der Waals surface area contributed by atoms with Crippen molar-refractivity contribution in [1.82, 2.24) is 40.0 Å². The van der Waals surface area contributed by atoms with Crippen LogP contribution in [0.5, 0.6) is 11.5 Å². The third-order valence-corrected chi connectivity index (χ3v) is 20.2. The first-order valence-electron chi connectivity index (χ1n) is 34.9. The minimum absolute atomic E-state index is 0.0144. The number of benzene rings is 6. The number of carboxylic acid groups (broad SMARTS) is 1. The van der Waals surface area contributed by atoms with Gasteiger partial charge in [0.25, 0.3) is 21.8 Å². The number of hydrogen-bond acceptors (Lipinski definition) is 23. The van der Waals surface area contributed by atoms with Gasteiger partial charge < -0.3 is 63.9 Å². The van der Waals surface area contributed by atoms with Crippen LogP contribution < -0.4 is 35.4 Å². The van der Waals surface area contributed by atoms with Crippen LogP contribution in [-0.2, 0) is 76.0 Å². The van der Waals surface area contributed by atoms with Gasteiger partial charge in [-0.05, 0) is 94.5 Å². The molecule has 1 amide bonds. The number of carboxylic acids is 1. The number of anilines is 2. The Morgan fingerprint density at radius 1 is 0.587 bits per heavy atom. The number of Topliss-reactive ketones (excluding diaryl/α,β-unsaturated/α-hetero) is 1. The van der Waals surface area contributed by atoms with Crippen LogP contribution in [0.4, 0.5) is 11.4 Å². The molecule has 1 aliphatic heterocycles. The molecule has 6 aromatic carbocycles. The molecule has 0 unspecified atom stereocenters. The quantitative estimate of drug-likeness (QED) is 0.0158. The Bertz CT molecular complexity index is 4920. The van der Waals surface area contributed by atoms with Gasteiger partial charge in [-0.2, -0.15) is 8.42 Å². The van der Waals surface area contributed by atoms with Crippen molar-refractivity contribution in [3.63, 3.8) is 0 Å². The number of aliphatic carboxylic acids is 1. The average molecular weight is 1470 g/mol. The van der Waals surface area contributed by atoms with Gasteiger partial charge in [-0.1, -0.05) is 95.7 Å². The molecule has 30 heteroatoms. The summed E-state index contributed by atoms with van der Waals surface area (Å²) in [7, 11) is -9.25. The first kappa shape index (κ1) is 77.3. The number of carbonyl (C=O) groups is 4. The molecule has 0 fully saturated rings. The van der Waals surface area contributed by atoms with E-state index in [1.54, 1.807) is 12.1 Å². The molecule has 0 saturated carbocycles. The van der Waals surface area contributed by atoms with E-state index in [1.165, 1.54) is 12.1 Å². The number of esters is 1. The van der Waals surface area contributed by atoms with Gasteiger partial charge in [-0.3, -0.25) is 14.1 Å². The minimum atomic E-state index is -4.97. The topological polar surface area (TPSA) is 362 Å². The van der Waals surface area contributed by atoms with Crippen LogP contribution in [0.15, 0.2) is 137 Å². The molecule has 10 rings (SSSR count). The molecule has 104 heavy (non-hydrogen) atoms. The summed E-state index contributed by atoms with van der Waals surface area (Å²) in [6, 6.07) is 37.0. The average Bonchev–Trinajstić information content (AvgIpc) is 1.03. The SMILES string of the molecule is CCN(CC)c1ccc2c(c1)Oc1cc(N(CC)CC)ccc1C2c1ccc(S(=O)(=O)NCCOCCOCCOCCn2nnc3/c2=c2/cccc/c2=c2/c(nnn2Cc2ccc(C(=O)NCCOCCOCCCCCCOC(=O)C(=O)[C@@H](N)CC(=O)[O-])cc2)=c2/cccc/c2=3)cc1S(=O)(=O)O. The fraction of sp³-hybridized carbons (Fsp3) is 0.405. The van der Waals surface area contributed by atoms with E-state index in [4.69, 9.17) is 49.1 Å². The van der Waals surface area contributed by atoms with E-state index in [2.05, 4.69) is 58.0 Å². The van der Waals surface area contributed by atoms with Crippen molar-refractivity contribution in [2.24, 2.45) is 5.73 Å². The third kappa shape index (κ3) is 19.3. The number of ketones is 1. The lowest BCUT2D eigenvalue weighted by Gasteiger charge is -2.32. The van der Waals surface area contributed by atoms with Crippen LogP contribution in [0.1, 0.15) is 98.3 Å². The van der Waals surface area contributed by atoms with Crippen molar-refractivity contribution in [1.29, 1.82) is 0 Å². The zero-order chi connectivity index (χ0) is 73.8. The van der Waals surface area contributed by atoms with E-state index in [0.717, 1.165) is 100 Å². The molecule has 3 heterocycles. The molecular weight excluding hydrogens is 1380 g/mol. The van der Waals surface area contributed by atoms with E-state index < -0.39 is 61.1 Å². The molecule has 0 radical (unpaired) electrons. The van der Waals surface area contributed by atoms with Gasteiger partial charge in [-0.25, -0.2) is 27.3 Å². The fourth-order valence-electron chi connectivity index (χ4n) is 12.6. The van der Waals surface area contributed by atoms with E-state index >= 15 is 0 Å². The number of sulfonamides is 1. The highest BCUT2D eigenvalue weighted by Gasteiger charge is 2.35. The standard InChI is InChI=1S/C74H89N11O17S2/c1-5-82(6-2)52-25-28-59-63(45-52)102-64-46-53(83(7-3)8-4)26-29-60(64)67(59)61-30-27-54(47-65(61)104(93,94)95)103(91,92)77-32-37-98-41-43-100-44-42-99-38-33-84-70-57-19-13-14-20-58(57)71-69(56-18-12-11-17-55(56)68(70)78-80-84)79-81-85(71)49-50-21-23-51(24-22-50)73(89)76-31-36-97-40-39-96-34-15-9-10-16-35-101-74(90)72(88)62(75)48-66(86)87/h11-14,17-30,45-47,62,67,77H,5-10,15-16,31-44,48-49,75H2,1-4H3,(H,76,89)(H,86,87)(H,93,94,95)/p-1/b68-55+,69-56+,70-57+,71-58+/t62-/m0/s1. The number of carbonyl (C=O) groups excluding carboxylic acids is 4. The lowest BCUT2D eigenvalue weighted by molar-refractivity contribution is -0.305. The molecule has 2 aliphatic rings. The zero-order valence-electron chi connectivity index (χ0n) is 58.7. The Morgan fingerprint density at radius 3 is 1.64 bits per heavy atom. The largest absolute Gasteiger partial charge is 0.550 e. The highest BCUT2D eigenvalue weighted by Crippen LogP contribution is 2.51. The van der Waals surface area contributed by atoms with Crippen molar-refractivity contribution in [2.75, 3.05) is 122 Å². The van der Waals surface area contributed by atoms with Crippen molar-refractivity contribution >= 4 is 55.1 Å². The summed E-state index contributed by atoms with van der Waals surface area (Å²) >= 11 is 0. The summed E-state index contributed by atoms with van der Waals surface area (Å²) < 4.78 is 111. The number of unbranched alkanes of at least 4 members (excludes halogenated alkanes) is 3. The van der Waals surface area contributed by atoms with E-state index in [9.17, 15) is 45.7 Å². The molecule has 28 nitrogen and oxygen atoms in total. The Balaban J connectivity index is 0.677. The van der Waals surface area contributed by atoms with Crippen LogP contribution >= 0.6 is 0 Å². The number of ether oxygens (including phenoxy) is 7. The molecule has 5 N–H and O–H groups in total. The molecule has 0 spiro atoms. The Hall–Kier alpha value is -9.34. The molecule has 1 atom stereocenters. The number of nitrogens with zero attached hydrogens (tertiary/aromatic N) is 8. The van der Waals surface area contributed by atoms with Gasteiger partial charge in [0.2, 0.25) is 10.0 Å². The number of rotatable bonds is 42. The highest BCUT2D eigenvalue weighted by molar-refractivity contribution is 7.89. The maximum atomic E-state index is 13.7. The molecule has 0 saturated heterocycles. The van der Waals surface area contributed by atoms with Crippen molar-refractivity contribution in [3.05, 3.63) is 197 Å². The lowest BCUT2D eigenvalue weighted by atomic mass is 9.82. The third-order valence-electron chi connectivity index (χ3n) is 17.8. The normalized spacial score (nSPS) is 14.1. The summed E-state index contributed by atoms with van der Waals surface area (Å²) in [5, 5.41) is 38.6. The van der Waals surface area contributed by atoms with E-state index in [0.29, 0.717) is 84.8 Å². The number of nitrogens with two attached hydrogens (primary N) is 1. The van der Waals surface area contributed by atoms with E-state index in [1.807, 2.05) is 106 Å². The van der Waals surface area contributed by atoms with Crippen LogP contribution in [0.3, 0.4) is 0 Å². The Kier molecular flexibility index (Phi) is 27.4. The highest BCUT2D eigenvalue weighted by atomic mass is 32.2. The number of nitrogens with one attached hydrogen (secondary N) is 2. The van der Waals surface area contributed by atoms with Crippen molar-refractivity contribution in [2.45, 2.75) is 94.6 Å². The molecular formula is C74H88N11O17S2-. The summed E-state index contributed by atoms with van der Waals surface area (Å²) in [5.41, 5.74) is 10.1. The lowest BCUT2D eigenvalue weighted by Crippen LogP contribution is -2.41.